The number of carbonyl (C=O) groups excluding carboxylic acids is 1. The lowest BCUT2D eigenvalue weighted by Gasteiger charge is -2.37. The minimum Gasteiger partial charge on any atom is -0.368 e. The zero-order chi connectivity index (χ0) is 22.2. The van der Waals surface area contributed by atoms with Gasteiger partial charge in [-0.3, -0.25) is 9.59 Å². The largest absolute Gasteiger partial charge is 0.368 e. The van der Waals surface area contributed by atoms with Gasteiger partial charge in [0.25, 0.3) is 5.56 Å². The van der Waals surface area contributed by atoms with Gasteiger partial charge in [-0.1, -0.05) is 43.3 Å². The fraction of sp³-hybridized carbons (Fsp3) is 0.320. The molecule has 1 aliphatic rings. The first-order chi connectivity index (χ1) is 15.6. The number of benzene rings is 2. The molecule has 0 aliphatic carbocycles. The molecule has 164 valence electrons. The fourth-order valence-electron chi connectivity index (χ4n) is 4.81. The lowest BCUT2D eigenvalue weighted by atomic mass is 10.1. The van der Waals surface area contributed by atoms with E-state index in [0.29, 0.717) is 25.0 Å². The second-order valence-electron chi connectivity index (χ2n) is 8.29. The summed E-state index contributed by atoms with van der Waals surface area (Å²) >= 11 is 0. The highest BCUT2D eigenvalue weighted by Gasteiger charge is 2.30. The average molecular weight is 430 g/mol. The standard InChI is InChI=1S/C25H27N5O2/c1-3-21(24(31)29-15-13-28(14-16-29)18-9-5-4-6-10-18)30-22-12-8-7-11-19(22)20-17-26-27(2)25(32)23(20)30/h4-12,17,21H,3,13-16H2,1-2H3/t21-/m0/s1. The molecule has 2 aromatic heterocycles. The van der Waals surface area contributed by atoms with Gasteiger partial charge in [0.15, 0.2) is 0 Å². The monoisotopic (exact) mass is 429 g/mol. The van der Waals surface area contributed by atoms with Crippen molar-refractivity contribution in [3.63, 3.8) is 0 Å². The van der Waals surface area contributed by atoms with E-state index < -0.39 is 6.04 Å². The molecule has 3 heterocycles. The lowest BCUT2D eigenvalue weighted by Crippen LogP contribution is -2.50. The Labute approximate surface area is 186 Å². The van der Waals surface area contributed by atoms with Crippen LogP contribution < -0.4 is 10.5 Å². The molecule has 0 unspecified atom stereocenters. The van der Waals surface area contributed by atoms with Gasteiger partial charge < -0.3 is 14.4 Å². The minimum atomic E-state index is -0.434. The predicted octanol–water partition coefficient (Wildman–Crippen LogP) is 3.19. The summed E-state index contributed by atoms with van der Waals surface area (Å²) in [5.74, 6) is 0.0710. The molecule has 7 heteroatoms. The molecule has 1 fully saturated rings. The number of aromatic nitrogens is 3. The molecule has 1 aliphatic heterocycles. The molecule has 4 aromatic rings. The second kappa shape index (κ2) is 8.15. The van der Waals surface area contributed by atoms with Crippen molar-refractivity contribution >= 4 is 33.4 Å². The molecule has 0 saturated carbocycles. The minimum absolute atomic E-state index is 0.0710. The van der Waals surface area contributed by atoms with Crippen LogP contribution in [0.3, 0.4) is 0 Å². The predicted molar refractivity (Wildman–Crippen MR) is 127 cm³/mol. The highest BCUT2D eigenvalue weighted by molar-refractivity contribution is 6.08. The Morgan fingerprint density at radius 3 is 2.38 bits per heavy atom. The van der Waals surface area contributed by atoms with E-state index in [4.69, 9.17) is 0 Å². The van der Waals surface area contributed by atoms with E-state index in [2.05, 4.69) is 22.1 Å². The molecule has 32 heavy (non-hydrogen) atoms. The van der Waals surface area contributed by atoms with Gasteiger partial charge >= 0.3 is 0 Å². The Kier molecular flexibility index (Phi) is 5.17. The van der Waals surface area contributed by atoms with E-state index in [-0.39, 0.29) is 11.5 Å². The SMILES string of the molecule is CC[C@@H](C(=O)N1CCN(c2ccccc2)CC1)n1c2ccccc2c2cnn(C)c(=O)c21. The first-order valence-corrected chi connectivity index (χ1v) is 11.1. The maximum absolute atomic E-state index is 13.7. The van der Waals surface area contributed by atoms with Crippen LogP contribution in [0.2, 0.25) is 0 Å². The molecular formula is C25H27N5O2. The smallest absolute Gasteiger partial charge is 0.291 e. The molecule has 2 aromatic carbocycles. The van der Waals surface area contributed by atoms with E-state index in [1.54, 1.807) is 13.2 Å². The van der Waals surface area contributed by atoms with Gasteiger partial charge in [-0.2, -0.15) is 5.10 Å². The van der Waals surface area contributed by atoms with Crippen molar-refractivity contribution in [2.75, 3.05) is 31.1 Å². The van der Waals surface area contributed by atoms with Crippen LogP contribution in [0.15, 0.2) is 65.6 Å². The molecule has 0 N–H and O–H groups in total. The van der Waals surface area contributed by atoms with Crippen molar-refractivity contribution < 1.29 is 4.79 Å². The highest BCUT2D eigenvalue weighted by atomic mass is 16.2. The lowest BCUT2D eigenvalue weighted by molar-refractivity contribution is -0.135. The van der Waals surface area contributed by atoms with E-state index in [1.165, 1.54) is 10.4 Å². The van der Waals surface area contributed by atoms with Gasteiger partial charge in [0.1, 0.15) is 11.6 Å². The molecule has 5 rings (SSSR count). The van der Waals surface area contributed by atoms with Crippen molar-refractivity contribution in [3.05, 3.63) is 71.1 Å². The van der Waals surface area contributed by atoms with Crippen LogP contribution in [0, 0.1) is 0 Å². The van der Waals surface area contributed by atoms with Gasteiger partial charge in [0.2, 0.25) is 5.91 Å². The zero-order valence-electron chi connectivity index (χ0n) is 18.4. The number of rotatable bonds is 4. The normalized spacial score (nSPS) is 15.4. The topological polar surface area (TPSA) is 63.4 Å². The quantitative estimate of drug-likeness (QED) is 0.500. The first-order valence-electron chi connectivity index (χ1n) is 11.1. The molecular weight excluding hydrogens is 402 g/mol. The summed E-state index contributed by atoms with van der Waals surface area (Å²) in [6, 6.07) is 17.7. The molecule has 1 amide bonds. The van der Waals surface area contributed by atoms with E-state index >= 15 is 0 Å². The summed E-state index contributed by atoms with van der Waals surface area (Å²) in [5.41, 5.74) is 2.45. The van der Waals surface area contributed by atoms with Crippen LogP contribution in [0.5, 0.6) is 0 Å². The van der Waals surface area contributed by atoms with Crippen LogP contribution in [-0.4, -0.2) is 51.3 Å². The second-order valence-corrected chi connectivity index (χ2v) is 8.29. The van der Waals surface area contributed by atoms with Crippen LogP contribution in [-0.2, 0) is 11.8 Å². The number of amides is 1. The number of para-hydroxylation sites is 2. The molecule has 0 radical (unpaired) electrons. The third-order valence-corrected chi connectivity index (χ3v) is 6.50. The van der Waals surface area contributed by atoms with Crippen molar-refractivity contribution in [1.29, 1.82) is 0 Å². The highest BCUT2D eigenvalue weighted by Crippen LogP contribution is 2.32. The number of fused-ring (bicyclic) bond motifs is 3. The maximum Gasteiger partial charge on any atom is 0.291 e. The fourth-order valence-corrected chi connectivity index (χ4v) is 4.81. The molecule has 7 nitrogen and oxygen atoms in total. The van der Waals surface area contributed by atoms with E-state index in [0.717, 1.165) is 29.4 Å². The van der Waals surface area contributed by atoms with Gasteiger partial charge in [0, 0.05) is 49.7 Å². The van der Waals surface area contributed by atoms with Gasteiger partial charge in [0.05, 0.1) is 11.7 Å². The van der Waals surface area contributed by atoms with E-state index in [1.807, 2.05) is 58.9 Å². The number of hydrogen-bond donors (Lipinski definition) is 0. The van der Waals surface area contributed by atoms with Crippen molar-refractivity contribution in [2.24, 2.45) is 7.05 Å². The summed E-state index contributed by atoms with van der Waals surface area (Å²) in [6.07, 6.45) is 2.34. The Morgan fingerprint density at radius 1 is 0.969 bits per heavy atom. The molecule has 0 bridgehead atoms. The number of nitrogens with zero attached hydrogens (tertiary/aromatic N) is 5. The number of aryl methyl sites for hydroxylation is 1. The number of piperazine rings is 1. The average Bonchev–Trinajstić information content (AvgIpc) is 3.17. The van der Waals surface area contributed by atoms with Gasteiger partial charge in [-0.05, 0) is 24.6 Å². The van der Waals surface area contributed by atoms with Crippen molar-refractivity contribution in [2.45, 2.75) is 19.4 Å². The van der Waals surface area contributed by atoms with Crippen molar-refractivity contribution in [3.8, 4) is 0 Å². The van der Waals surface area contributed by atoms with E-state index in [9.17, 15) is 9.59 Å². The van der Waals surface area contributed by atoms with Crippen LogP contribution in [0.1, 0.15) is 19.4 Å². The zero-order valence-corrected chi connectivity index (χ0v) is 18.4. The Morgan fingerprint density at radius 2 is 1.66 bits per heavy atom. The van der Waals surface area contributed by atoms with Crippen LogP contribution >= 0.6 is 0 Å². The number of carbonyl (C=O) groups is 1. The first kappa shape index (κ1) is 20.3. The van der Waals surface area contributed by atoms with Gasteiger partial charge in [-0.15, -0.1) is 0 Å². The molecule has 1 saturated heterocycles. The number of anilines is 1. The summed E-state index contributed by atoms with van der Waals surface area (Å²) in [6.45, 7) is 4.94. The summed E-state index contributed by atoms with van der Waals surface area (Å²) in [7, 11) is 1.65. The summed E-state index contributed by atoms with van der Waals surface area (Å²) in [4.78, 5) is 31.1. The van der Waals surface area contributed by atoms with Gasteiger partial charge in [-0.25, -0.2) is 4.68 Å². The third-order valence-electron chi connectivity index (χ3n) is 6.50. The molecule has 1 atom stereocenters. The Hall–Kier alpha value is -3.61. The maximum atomic E-state index is 13.7. The number of hydrogen-bond acceptors (Lipinski definition) is 4. The third kappa shape index (κ3) is 3.25. The Bertz CT molecular complexity index is 1330. The summed E-state index contributed by atoms with van der Waals surface area (Å²) in [5, 5.41) is 5.96. The Balaban J connectivity index is 1.51. The van der Waals surface area contributed by atoms with Crippen LogP contribution in [0.4, 0.5) is 5.69 Å². The van der Waals surface area contributed by atoms with Crippen LogP contribution in [0.25, 0.3) is 21.8 Å². The van der Waals surface area contributed by atoms with Crippen molar-refractivity contribution in [1.82, 2.24) is 19.2 Å². The summed E-state index contributed by atoms with van der Waals surface area (Å²) < 4.78 is 3.29. The molecule has 0 spiro atoms.